The number of hydrogen-bond acceptors (Lipinski definition) is 6. The van der Waals surface area contributed by atoms with Crippen molar-refractivity contribution in [2.75, 3.05) is 26.3 Å². The number of nitrogens with zero attached hydrogens (tertiary/aromatic N) is 3. The van der Waals surface area contributed by atoms with Crippen molar-refractivity contribution in [1.29, 1.82) is 0 Å². The Morgan fingerprint density at radius 2 is 1.87 bits per heavy atom. The Morgan fingerprint density at radius 1 is 1.10 bits per heavy atom. The number of ether oxygens (including phenoxy) is 3. The van der Waals surface area contributed by atoms with Gasteiger partial charge in [0.05, 0.1) is 18.8 Å². The minimum absolute atomic E-state index is 0.131. The van der Waals surface area contributed by atoms with Crippen LogP contribution in [0.4, 0.5) is 0 Å². The first-order chi connectivity index (χ1) is 15.1. The number of aryl methyl sites for hydroxylation is 1. The Hall–Kier alpha value is -3.23. The number of benzene rings is 1. The third-order valence-electron chi connectivity index (χ3n) is 5.76. The van der Waals surface area contributed by atoms with Gasteiger partial charge in [0, 0.05) is 55.6 Å². The summed E-state index contributed by atoms with van der Waals surface area (Å²) in [4.78, 5) is 30.3. The Labute approximate surface area is 179 Å². The number of likely N-dealkylation sites (tertiary alicyclic amines) is 1. The van der Waals surface area contributed by atoms with E-state index >= 15 is 0 Å². The summed E-state index contributed by atoms with van der Waals surface area (Å²) in [5, 5.41) is 2.01. The monoisotopic (exact) mass is 421 g/mol. The van der Waals surface area contributed by atoms with Crippen LogP contribution in [0.15, 0.2) is 59.8 Å². The molecule has 0 radical (unpaired) electrons. The van der Waals surface area contributed by atoms with E-state index in [1.54, 1.807) is 30.4 Å². The maximum Gasteiger partial charge on any atom is 0.255 e. The summed E-state index contributed by atoms with van der Waals surface area (Å²) in [6.45, 7) is 1.65. The van der Waals surface area contributed by atoms with Crippen LogP contribution in [0.5, 0.6) is 5.75 Å². The van der Waals surface area contributed by atoms with Crippen LogP contribution in [-0.2, 0) is 16.5 Å². The lowest BCUT2D eigenvalue weighted by Crippen LogP contribution is -2.33. The van der Waals surface area contributed by atoms with Crippen LogP contribution >= 0.6 is 0 Å². The molecule has 2 aliphatic rings. The summed E-state index contributed by atoms with van der Waals surface area (Å²) in [7, 11) is 1.63. The topological polar surface area (TPSA) is 82.9 Å². The van der Waals surface area contributed by atoms with Gasteiger partial charge in [0.25, 0.3) is 5.91 Å². The Morgan fingerprint density at radius 3 is 2.61 bits per heavy atom. The summed E-state index contributed by atoms with van der Waals surface area (Å²) in [5.74, 6) is 0.642. The predicted octanol–water partition coefficient (Wildman–Crippen LogP) is 1.62. The predicted molar refractivity (Wildman–Crippen MR) is 113 cm³/mol. The third kappa shape index (κ3) is 3.92. The molecule has 5 rings (SSSR count). The van der Waals surface area contributed by atoms with E-state index in [9.17, 15) is 9.59 Å². The molecule has 0 N–H and O–H groups in total. The molecule has 4 heterocycles. The third-order valence-corrected chi connectivity index (χ3v) is 5.76. The molecule has 160 valence electrons. The van der Waals surface area contributed by atoms with Crippen molar-refractivity contribution in [3.63, 3.8) is 0 Å². The van der Waals surface area contributed by atoms with Gasteiger partial charge in [-0.15, -0.1) is 0 Å². The molecular formula is C23H23N3O5. The minimum atomic E-state index is -0.239. The van der Waals surface area contributed by atoms with Gasteiger partial charge in [0.1, 0.15) is 24.1 Å². The average molecular weight is 421 g/mol. The van der Waals surface area contributed by atoms with Crippen molar-refractivity contribution in [2.45, 2.75) is 18.3 Å². The van der Waals surface area contributed by atoms with Gasteiger partial charge in [-0.3, -0.25) is 14.6 Å². The minimum Gasteiger partial charge on any atom is -0.485 e. The van der Waals surface area contributed by atoms with Crippen molar-refractivity contribution in [2.24, 2.45) is 7.05 Å². The zero-order chi connectivity index (χ0) is 21.4. The molecule has 1 amide bonds. The number of fused-ring (bicyclic) bond motifs is 2. The second-order valence-corrected chi connectivity index (χ2v) is 7.91. The van der Waals surface area contributed by atoms with Crippen molar-refractivity contribution in [1.82, 2.24) is 14.5 Å². The molecule has 0 spiro atoms. The second-order valence-electron chi connectivity index (χ2n) is 7.91. The number of pyridine rings is 2. The van der Waals surface area contributed by atoms with E-state index in [-0.39, 0.29) is 29.8 Å². The normalized spacial score (nSPS) is 21.6. The molecule has 2 saturated heterocycles. The van der Waals surface area contributed by atoms with Crippen molar-refractivity contribution >= 4 is 16.7 Å². The van der Waals surface area contributed by atoms with E-state index in [1.165, 1.54) is 10.6 Å². The maximum atomic E-state index is 12.8. The van der Waals surface area contributed by atoms with E-state index in [0.717, 1.165) is 16.5 Å². The van der Waals surface area contributed by atoms with Crippen LogP contribution in [-0.4, -0.2) is 65.0 Å². The van der Waals surface area contributed by atoms with E-state index in [0.29, 0.717) is 31.9 Å². The number of aromatic nitrogens is 2. The molecule has 0 bridgehead atoms. The van der Waals surface area contributed by atoms with Gasteiger partial charge < -0.3 is 23.7 Å². The fourth-order valence-electron chi connectivity index (χ4n) is 4.09. The molecule has 2 aromatic heterocycles. The number of hydrogen-bond donors (Lipinski definition) is 0. The smallest absolute Gasteiger partial charge is 0.255 e. The molecule has 2 atom stereocenters. The van der Waals surface area contributed by atoms with Crippen LogP contribution < -0.4 is 10.3 Å². The zero-order valence-electron chi connectivity index (χ0n) is 17.1. The Bertz CT molecular complexity index is 1160. The molecule has 31 heavy (non-hydrogen) atoms. The molecule has 2 aliphatic heterocycles. The first kappa shape index (κ1) is 19.7. The summed E-state index contributed by atoms with van der Waals surface area (Å²) < 4.78 is 19.7. The van der Waals surface area contributed by atoms with Gasteiger partial charge in [0.15, 0.2) is 0 Å². The van der Waals surface area contributed by atoms with Crippen LogP contribution in [0.1, 0.15) is 10.4 Å². The van der Waals surface area contributed by atoms with E-state index in [2.05, 4.69) is 4.98 Å². The standard InChI is InChI=1S/C23H23N3O5/c1-25-10-16(5-6-22(25)27)23(28)26-11-20-21(12-26)30-14-17(13-29-20)31-19-4-2-3-15-9-24-8-7-18(15)19/h2-10,17,20-21H,11-14H2,1H3/t20-,21-/m0/s1. The number of amides is 1. The largest absolute Gasteiger partial charge is 0.485 e. The SMILES string of the molecule is Cn1cc(C(=O)N2C[C@@H]3OCC(Oc4cccc5cnccc45)CO[C@H]3C2)ccc1=O. The highest BCUT2D eigenvalue weighted by molar-refractivity contribution is 5.94. The molecule has 8 nitrogen and oxygen atoms in total. The molecule has 0 unspecified atom stereocenters. The van der Waals surface area contributed by atoms with Crippen molar-refractivity contribution in [3.8, 4) is 5.75 Å². The van der Waals surface area contributed by atoms with E-state index in [4.69, 9.17) is 14.2 Å². The highest BCUT2D eigenvalue weighted by Crippen LogP contribution is 2.27. The number of carbonyl (C=O) groups excluding carboxylic acids is 1. The fourth-order valence-corrected chi connectivity index (χ4v) is 4.09. The van der Waals surface area contributed by atoms with Crippen LogP contribution in [0.2, 0.25) is 0 Å². The molecule has 0 aliphatic carbocycles. The van der Waals surface area contributed by atoms with Crippen molar-refractivity contribution in [3.05, 3.63) is 70.9 Å². The summed E-state index contributed by atoms with van der Waals surface area (Å²) >= 11 is 0. The number of carbonyl (C=O) groups is 1. The Balaban J connectivity index is 1.24. The van der Waals surface area contributed by atoms with Crippen molar-refractivity contribution < 1.29 is 19.0 Å². The van der Waals surface area contributed by atoms with Crippen LogP contribution in [0.25, 0.3) is 10.8 Å². The maximum absolute atomic E-state index is 12.8. The number of rotatable bonds is 3. The lowest BCUT2D eigenvalue weighted by atomic mass is 10.1. The molecule has 0 saturated carbocycles. The molecule has 2 fully saturated rings. The molecular weight excluding hydrogens is 398 g/mol. The highest BCUT2D eigenvalue weighted by Gasteiger charge is 2.40. The summed E-state index contributed by atoms with van der Waals surface area (Å²) in [5.41, 5.74) is 0.327. The summed E-state index contributed by atoms with van der Waals surface area (Å²) in [6.07, 6.45) is 4.46. The van der Waals surface area contributed by atoms with E-state index in [1.807, 2.05) is 30.5 Å². The fraction of sp³-hybridized carbons (Fsp3) is 0.348. The van der Waals surface area contributed by atoms with Gasteiger partial charge in [-0.1, -0.05) is 12.1 Å². The first-order valence-corrected chi connectivity index (χ1v) is 10.3. The second kappa shape index (κ2) is 8.13. The molecule has 3 aromatic rings. The van der Waals surface area contributed by atoms with Gasteiger partial charge >= 0.3 is 0 Å². The lowest BCUT2D eigenvalue weighted by molar-refractivity contribution is -0.00461. The van der Waals surface area contributed by atoms with Gasteiger partial charge in [-0.05, 0) is 18.2 Å². The van der Waals surface area contributed by atoms with Crippen LogP contribution in [0, 0.1) is 0 Å². The zero-order valence-corrected chi connectivity index (χ0v) is 17.1. The van der Waals surface area contributed by atoms with E-state index < -0.39 is 0 Å². The highest BCUT2D eigenvalue weighted by atomic mass is 16.6. The molecule has 8 heteroatoms. The quantitative estimate of drug-likeness (QED) is 0.639. The average Bonchev–Trinajstić information content (AvgIpc) is 3.11. The molecule has 1 aromatic carbocycles. The van der Waals surface area contributed by atoms with Gasteiger partial charge in [0.2, 0.25) is 5.56 Å². The Kier molecular flexibility index (Phi) is 5.17. The lowest BCUT2D eigenvalue weighted by Gasteiger charge is -2.20. The van der Waals surface area contributed by atoms with Gasteiger partial charge in [-0.25, -0.2) is 0 Å². The van der Waals surface area contributed by atoms with Gasteiger partial charge in [-0.2, -0.15) is 0 Å². The van der Waals surface area contributed by atoms with Crippen LogP contribution in [0.3, 0.4) is 0 Å². The first-order valence-electron chi connectivity index (χ1n) is 10.3. The summed E-state index contributed by atoms with van der Waals surface area (Å²) in [6, 6.07) is 10.8.